The van der Waals surface area contributed by atoms with Crippen LogP contribution in [-0.2, 0) is 17.7 Å². The molecule has 1 atom stereocenters. The van der Waals surface area contributed by atoms with Gasteiger partial charge in [-0.2, -0.15) is 0 Å². The lowest BCUT2D eigenvalue weighted by molar-refractivity contribution is -0.135. The van der Waals surface area contributed by atoms with Crippen molar-refractivity contribution in [2.75, 3.05) is 6.61 Å². The summed E-state index contributed by atoms with van der Waals surface area (Å²) < 4.78 is 5.97. The van der Waals surface area contributed by atoms with Gasteiger partial charge in [0.2, 0.25) is 0 Å². The fourth-order valence-corrected chi connectivity index (χ4v) is 3.98. The summed E-state index contributed by atoms with van der Waals surface area (Å²) >= 11 is 1.95. The number of rotatable bonds is 4. The molecule has 3 heteroatoms. The predicted molar refractivity (Wildman–Crippen MR) is 76.1 cm³/mol. The summed E-state index contributed by atoms with van der Waals surface area (Å²) in [4.78, 5) is 2.97. The highest BCUT2D eigenvalue weighted by molar-refractivity contribution is 7.11. The number of nitrogens with one attached hydrogen (secondary N) is 1. The molecule has 3 rings (SSSR count). The Morgan fingerprint density at radius 1 is 1.39 bits per heavy atom. The van der Waals surface area contributed by atoms with Gasteiger partial charge in [-0.15, -0.1) is 11.3 Å². The molecule has 18 heavy (non-hydrogen) atoms. The van der Waals surface area contributed by atoms with E-state index in [9.17, 15) is 0 Å². The molecule has 1 aliphatic carbocycles. The first-order chi connectivity index (χ1) is 8.80. The summed E-state index contributed by atoms with van der Waals surface area (Å²) in [5.41, 5.74) is 0.264. The van der Waals surface area contributed by atoms with Gasteiger partial charge in [0.1, 0.15) is 0 Å². The zero-order valence-electron chi connectivity index (χ0n) is 11.2. The Morgan fingerprint density at radius 2 is 2.22 bits per heavy atom. The minimum absolute atomic E-state index is 0.264. The standard InChI is InChI=1S/C15H23NOS/c1-2-13-4-5-14(18-13)11-16-12-6-9-17-15(10-12)7-3-8-15/h4-5,12,16H,2-3,6-11H2,1H3. The molecular weight excluding hydrogens is 242 g/mol. The smallest absolute Gasteiger partial charge is 0.0697 e. The van der Waals surface area contributed by atoms with Crippen LogP contribution >= 0.6 is 11.3 Å². The first-order valence-corrected chi connectivity index (χ1v) is 8.06. The minimum Gasteiger partial charge on any atom is -0.375 e. The van der Waals surface area contributed by atoms with Crippen molar-refractivity contribution in [1.82, 2.24) is 5.32 Å². The number of aryl methyl sites for hydroxylation is 1. The molecule has 1 saturated carbocycles. The van der Waals surface area contributed by atoms with Gasteiger partial charge in [-0.05, 0) is 50.7 Å². The van der Waals surface area contributed by atoms with Gasteiger partial charge in [-0.3, -0.25) is 0 Å². The van der Waals surface area contributed by atoms with Gasteiger partial charge in [-0.25, -0.2) is 0 Å². The van der Waals surface area contributed by atoms with E-state index in [0.29, 0.717) is 6.04 Å². The molecule has 2 nitrogen and oxygen atoms in total. The second kappa shape index (κ2) is 5.32. The van der Waals surface area contributed by atoms with Crippen molar-refractivity contribution < 1.29 is 4.74 Å². The number of ether oxygens (including phenoxy) is 1. The molecule has 1 aromatic rings. The Labute approximate surface area is 114 Å². The average molecular weight is 265 g/mol. The predicted octanol–water partition coefficient (Wildman–Crippen LogP) is 3.50. The van der Waals surface area contributed by atoms with Crippen LogP contribution in [0, 0.1) is 0 Å². The molecule has 0 bridgehead atoms. The van der Waals surface area contributed by atoms with E-state index in [-0.39, 0.29) is 5.60 Å². The van der Waals surface area contributed by atoms with E-state index < -0.39 is 0 Å². The summed E-state index contributed by atoms with van der Waals surface area (Å²) in [5, 5.41) is 3.73. The van der Waals surface area contributed by atoms with Crippen molar-refractivity contribution in [2.24, 2.45) is 0 Å². The molecule has 0 aromatic carbocycles. The van der Waals surface area contributed by atoms with Crippen LogP contribution < -0.4 is 5.32 Å². The van der Waals surface area contributed by atoms with Gasteiger partial charge in [-0.1, -0.05) is 6.92 Å². The molecule has 1 aliphatic heterocycles. The van der Waals surface area contributed by atoms with Gasteiger partial charge in [0.25, 0.3) is 0 Å². The van der Waals surface area contributed by atoms with E-state index in [1.807, 2.05) is 11.3 Å². The molecular formula is C15H23NOS. The van der Waals surface area contributed by atoms with Crippen molar-refractivity contribution in [2.45, 2.75) is 63.6 Å². The van der Waals surface area contributed by atoms with Gasteiger partial charge in [0, 0.05) is 28.9 Å². The van der Waals surface area contributed by atoms with E-state index in [1.165, 1.54) is 41.9 Å². The fraction of sp³-hybridized carbons (Fsp3) is 0.733. The van der Waals surface area contributed by atoms with Crippen LogP contribution in [0.2, 0.25) is 0 Å². The maximum Gasteiger partial charge on any atom is 0.0697 e. The van der Waals surface area contributed by atoms with Crippen LogP contribution in [0.4, 0.5) is 0 Å². The van der Waals surface area contributed by atoms with Crippen molar-refractivity contribution >= 4 is 11.3 Å². The highest BCUT2D eigenvalue weighted by Crippen LogP contribution is 2.42. The van der Waals surface area contributed by atoms with Crippen LogP contribution in [-0.4, -0.2) is 18.2 Å². The van der Waals surface area contributed by atoms with E-state index in [0.717, 1.165) is 19.6 Å². The lowest BCUT2D eigenvalue weighted by Crippen LogP contribution is -2.50. The van der Waals surface area contributed by atoms with E-state index in [2.05, 4.69) is 24.4 Å². The Kier molecular flexibility index (Phi) is 3.73. The first-order valence-electron chi connectivity index (χ1n) is 7.25. The molecule has 1 N–H and O–H groups in total. The third-order valence-corrected chi connectivity index (χ3v) is 5.62. The maximum atomic E-state index is 5.97. The largest absolute Gasteiger partial charge is 0.375 e. The number of hydrogen-bond acceptors (Lipinski definition) is 3. The molecule has 100 valence electrons. The van der Waals surface area contributed by atoms with Crippen molar-refractivity contribution in [3.8, 4) is 0 Å². The summed E-state index contributed by atoms with van der Waals surface area (Å²) in [6, 6.07) is 5.19. The quantitative estimate of drug-likeness (QED) is 0.899. The molecule has 1 aromatic heterocycles. The summed E-state index contributed by atoms with van der Waals surface area (Å²) in [7, 11) is 0. The lowest BCUT2D eigenvalue weighted by atomic mass is 9.74. The number of hydrogen-bond donors (Lipinski definition) is 1. The molecule has 2 aliphatic rings. The third kappa shape index (κ3) is 2.63. The van der Waals surface area contributed by atoms with Crippen LogP contribution in [0.5, 0.6) is 0 Å². The third-order valence-electron chi connectivity index (χ3n) is 4.39. The molecule has 1 unspecified atom stereocenters. The highest BCUT2D eigenvalue weighted by atomic mass is 32.1. The van der Waals surface area contributed by atoms with Gasteiger partial charge < -0.3 is 10.1 Å². The van der Waals surface area contributed by atoms with Crippen molar-refractivity contribution in [1.29, 1.82) is 0 Å². The monoisotopic (exact) mass is 265 g/mol. The molecule has 1 spiro atoms. The van der Waals surface area contributed by atoms with Crippen molar-refractivity contribution in [3.63, 3.8) is 0 Å². The fourth-order valence-electron chi connectivity index (χ4n) is 3.07. The lowest BCUT2D eigenvalue weighted by Gasteiger charge is -2.47. The zero-order valence-corrected chi connectivity index (χ0v) is 12.0. The normalized spacial score (nSPS) is 26.2. The molecule has 1 saturated heterocycles. The van der Waals surface area contributed by atoms with Crippen LogP contribution in [0.1, 0.15) is 48.8 Å². The van der Waals surface area contributed by atoms with E-state index in [4.69, 9.17) is 4.74 Å². The first kappa shape index (κ1) is 12.6. The van der Waals surface area contributed by atoms with E-state index >= 15 is 0 Å². The van der Waals surface area contributed by atoms with Gasteiger partial charge in [0.05, 0.1) is 5.60 Å². The van der Waals surface area contributed by atoms with Crippen molar-refractivity contribution in [3.05, 3.63) is 21.9 Å². The highest BCUT2D eigenvalue weighted by Gasteiger charge is 2.42. The SMILES string of the molecule is CCc1ccc(CNC2CCOC3(CCC3)C2)s1. The van der Waals surface area contributed by atoms with Gasteiger partial charge >= 0.3 is 0 Å². The molecule has 0 amide bonds. The van der Waals surface area contributed by atoms with Crippen LogP contribution in [0.3, 0.4) is 0 Å². The molecule has 0 radical (unpaired) electrons. The average Bonchev–Trinajstić information content (AvgIpc) is 2.83. The Balaban J connectivity index is 1.50. The second-order valence-corrected chi connectivity index (χ2v) is 6.93. The van der Waals surface area contributed by atoms with Crippen LogP contribution in [0.15, 0.2) is 12.1 Å². The summed E-state index contributed by atoms with van der Waals surface area (Å²) in [5.74, 6) is 0. The second-order valence-electron chi connectivity index (χ2n) is 5.68. The molecule has 2 heterocycles. The Hall–Kier alpha value is -0.380. The maximum absolute atomic E-state index is 5.97. The van der Waals surface area contributed by atoms with Crippen LogP contribution in [0.25, 0.3) is 0 Å². The summed E-state index contributed by atoms with van der Waals surface area (Å²) in [6.45, 7) is 4.20. The number of thiophene rings is 1. The Morgan fingerprint density at radius 3 is 2.89 bits per heavy atom. The van der Waals surface area contributed by atoms with E-state index in [1.54, 1.807) is 0 Å². The zero-order chi connectivity index (χ0) is 12.4. The topological polar surface area (TPSA) is 21.3 Å². The van der Waals surface area contributed by atoms with Gasteiger partial charge in [0.15, 0.2) is 0 Å². The molecule has 2 fully saturated rings. The minimum atomic E-state index is 0.264. The summed E-state index contributed by atoms with van der Waals surface area (Å²) in [6.07, 6.45) is 7.48. The Bertz CT molecular complexity index is 397.